The van der Waals surface area contributed by atoms with Crippen molar-refractivity contribution < 1.29 is 108 Å². The van der Waals surface area contributed by atoms with Crippen molar-refractivity contribution in [2.24, 2.45) is 23.3 Å². The minimum Gasteiger partial charge on any atom is -0.508 e. The molecule has 0 fully saturated rings. The Morgan fingerprint density at radius 1 is 0.384 bits per heavy atom. The number of carboxylic acids is 3. The van der Waals surface area contributed by atoms with Crippen molar-refractivity contribution in [3.05, 3.63) is 131 Å². The van der Waals surface area contributed by atoms with E-state index >= 15 is 0 Å². The second kappa shape index (κ2) is 46.9. The smallest absolute Gasteiger partial charge is 0.326 e. The normalized spacial score (nSPS) is 14.2. The second-order valence-electron chi connectivity index (χ2n) is 27.3. The highest BCUT2D eigenvalue weighted by Crippen LogP contribution is 2.17. The van der Waals surface area contributed by atoms with Crippen LogP contribution < -0.4 is 80.6 Å². The van der Waals surface area contributed by atoms with Crippen molar-refractivity contribution in [1.29, 1.82) is 5.41 Å². The summed E-state index contributed by atoms with van der Waals surface area (Å²) in [6.07, 6.45) is -3.64. The molecule has 0 saturated heterocycles. The lowest BCUT2D eigenvalue weighted by molar-refractivity contribution is -0.143. The van der Waals surface area contributed by atoms with Gasteiger partial charge in [-0.05, 0) is 97.4 Å². The van der Waals surface area contributed by atoms with Gasteiger partial charge in [-0.1, -0.05) is 113 Å². The maximum Gasteiger partial charge on any atom is 0.326 e. The molecule has 112 heavy (non-hydrogen) atoms. The molecular weight excluding hydrogens is 1460 g/mol. The third kappa shape index (κ3) is 33.7. The molecule has 0 heterocycles. The molecule has 0 unspecified atom stereocenters. The van der Waals surface area contributed by atoms with Gasteiger partial charge in [-0.2, -0.15) is 0 Å². The zero-order valence-corrected chi connectivity index (χ0v) is 62.5. The van der Waals surface area contributed by atoms with Gasteiger partial charge in [0, 0.05) is 38.6 Å². The molecule has 0 aliphatic heterocycles. The van der Waals surface area contributed by atoms with Crippen molar-refractivity contribution in [3.63, 3.8) is 0 Å². The molecule has 4 aromatic rings. The van der Waals surface area contributed by atoms with Crippen molar-refractivity contribution >= 4 is 94.8 Å². The van der Waals surface area contributed by atoms with Crippen molar-refractivity contribution in [2.45, 2.75) is 178 Å². The Kier molecular flexibility index (Phi) is 38.6. The number of amides is 12. The number of benzene rings is 4. The quantitative estimate of drug-likeness (QED) is 0.0114. The van der Waals surface area contributed by atoms with Crippen LogP contribution in [0.15, 0.2) is 109 Å². The van der Waals surface area contributed by atoms with Gasteiger partial charge in [0.1, 0.15) is 78.0 Å². The van der Waals surface area contributed by atoms with Gasteiger partial charge in [0.25, 0.3) is 0 Å². The fourth-order valence-corrected chi connectivity index (χ4v) is 11.1. The summed E-state index contributed by atoms with van der Waals surface area (Å²) in [6, 6.07) is 7.94. The monoisotopic (exact) mass is 1570 g/mol. The van der Waals surface area contributed by atoms with Gasteiger partial charge in [-0.15, -0.1) is 0 Å². The summed E-state index contributed by atoms with van der Waals surface area (Å²) < 4.78 is 0. The lowest BCUT2D eigenvalue weighted by atomic mass is 9.99. The number of hydrogen-bond acceptors (Lipinski definition) is 21. The molecule has 0 saturated carbocycles. The Morgan fingerprint density at radius 3 is 1.12 bits per heavy atom. The molecule has 38 nitrogen and oxygen atoms in total. The van der Waals surface area contributed by atoms with Crippen molar-refractivity contribution in [3.8, 4) is 11.5 Å². The van der Waals surface area contributed by atoms with Crippen LogP contribution in [-0.4, -0.2) is 229 Å². The molecule has 0 radical (unpaired) electrons. The molecule has 25 N–H and O–H groups in total. The van der Waals surface area contributed by atoms with Gasteiger partial charge in [-0.3, -0.25) is 72.5 Å². The van der Waals surface area contributed by atoms with E-state index < -0.39 is 225 Å². The first kappa shape index (κ1) is 92.1. The first-order valence-corrected chi connectivity index (χ1v) is 35.9. The molecule has 0 aliphatic rings. The summed E-state index contributed by atoms with van der Waals surface area (Å²) in [7, 11) is 0. The van der Waals surface area contributed by atoms with Crippen molar-refractivity contribution in [2.75, 3.05) is 26.3 Å². The van der Waals surface area contributed by atoms with Gasteiger partial charge in [0.2, 0.25) is 70.9 Å². The van der Waals surface area contributed by atoms with Crippen LogP contribution >= 0.6 is 0 Å². The zero-order valence-electron chi connectivity index (χ0n) is 62.5. The minimum absolute atomic E-state index is 0.00999. The number of guanidine groups is 1. The number of hydrogen-bond donors (Lipinski definition) is 23. The number of nitrogens with two attached hydrogens (primary N) is 2. The maximum atomic E-state index is 14.8. The molecule has 0 aromatic heterocycles. The summed E-state index contributed by atoms with van der Waals surface area (Å²) in [6.45, 7) is 5.16. The van der Waals surface area contributed by atoms with Crippen LogP contribution in [0.25, 0.3) is 0 Å². The fraction of sp³-hybridized carbons (Fsp3) is 0.459. The number of carboxylic acid groups (broad SMARTS) is 3. The molecule has 0 bridgehead atoms. The van der Waals surface area contributed by atoms with Crippen LogP contribution in [0.3, 0.4) is 0 Å². The van der Waals surface area contributed by atoms with Gasteiger partial charge in [0.15, 0.2) is 5.96 Å². The van der Waals surface area contributed by atoms with E-state index in [9.17, 15) is 103 Å². The molecule has 0 aliphatic carbocycles. The molecule has 4 rings (SSSR count). The fourth-order valence-electron chi connectivity index (χ4n) is 11.1. The number of aliphatic hydroxyl groups is 2. The molecule has 12 atom stereocenters. The van der Waals surface area contributed by atoms with Gasteiger partial charge < -0.3 is 116 Å². The summed E-state index contributed by atoms with van der Waals surface area (Å²) in [5.74, 6) is -18.2. The Morgan fingerprint density at radius 2 is 0.732 bits per heavy atom. The first-order valence-electron chi connectivity index (χ1n) is 35.9. The predicted octanol–water partition coefficient (Wildman–Crippen LogP) is -4.07. The Hall–Kier alpha value is -12.3. The number of nitrogens with one attached hydrogen (secondary N) is 14. The highest BCUT2D eigenvalue weighted by Gasteiger charge is 2.37. The SMILES string of the molecule is CC(C)C[C@H](NC(=O)[C@H](Cc1ccccc1)NC(=O)[C@H](C)NC(=O)[C@@H](N)CC(=O)O)C(=O)NCC(=O)N[C@@H](CO)C(=O)N[C@@H](Cc1ccccc1)C(=O)N[C@@H](CC(C)C)C(=O)N[C@@H](Cc1ccc(O)cc1)C(=O)N[C@@H](CCC(=O)O)C(=O)N[C@@H](Cc1ccc(O)cc1)C(=O)N[C@@H](CO)C(=O)N[C@@H](CCCNC(=N)N)C(=O)O. The van der Waals surface area contributed by atoms with E-state index in [2.05, 4.69) is 69.1 Å². The maximum absolute atomic E-state index is 14.8. The molecule has 0 spiro atoms. The third-order valence-corrected chi connectivity index (χ3v) is 17.0. The number of carbonyl (C=O) groups excluding carboxylic acids is 12. The van der Waals surface area contributed by atoms with E-state index in [4.69, 9.17) is 22.0 Å². The Balaban J connectivity index is 1.59. The summed E-state index contributed by atoms with van der Waals surface area (Å²) >= 11 is 0. The number of phenols is 2. The topological polar surface area (TPSA) is 630 Å². The number of carbonyl (C=O) groups is 15. The first-order chi connectivity index (χ1) is 52.9. The number of aliphatic carboxylic acids is 3. The highest BCUT2D eigenvalue weighted by molar-refractivity contribution is 6.00. The lowest BCUT2D eigenvalue weighted by Gasteiger charge is -2.28. The number of phenolic OH excluding ortho intramolecular Hbond substituents is 2. The van der Waals surface area contributed by atoms with E-state index in [0.717, 1.165) is 0 Å². The standard InChI is InChI=1S/C74H102N16O22/c1-39(2)29-51(85-68(106)53(31-42-13-8-6-9-14-42)84-62(100)41(5)80-63(101)48(75)35-61(98)99)64(102)79-36-59(95)81-57(37-91)71(109)89-54(32-43-15-10-7-11-16-43)69(107)86-52(30-40(3)4)66(104)88-55(33-44-18-22-46(93)23-19-44)67(105)82-49(26-27-60(96)97)65(103)87-56(34-45-20-24-47(94)25-21-45)70(108)90-58(38-92)72(110)83-50(73(111)112)17-12-28-78-74(76)77/h6-11,13-16,18-25,39-41,48-58,91-94H,12,17,26-38,75H2,1-5H3,(H,79,102)(H,80,101)(H,81,95)(H,82,105)(H,83,110)(H,84,100)(H,85,106)(H,86,107)(H,87,103)(H,88,104)(H,89,109)(H,90,108)(H,96,97)(H,98,99)(H,111,112)(H4,76,77,78)/t41-,48-,49-,50-,51-,52-,53-,54-,55-,56-,57-,58-/m0/s1. The second-order valence-corrected chi connectivity index (χ2v) is 27.3. The number of rotatable bonds is 48. The Labute approximate surface area is 644 Å². The van der Waals surface area contributed by atoms with E-state index in [1.54, 1.807) is 88.4 Å². The number of aliphatic hydroxyl groups excluding tert-OH is 2. The average Bonchev–Trinajstić information content (AvgIpc) is 0.874. The van der Waals surface area contributed by atoms with Gasteiger partial charge in [-0.25, -0.2) is 4.79 Å². The van der Waals surface area contributed by atoms with E-state index in [0.29, 0.717) is 16.7 Å². The van der Waals surface area contributed by atoms with E-state index in [1.165, 1.54) is 55.5 Å². The number of aromatic hydroxyl groups is 2. The molecule has 12 amide bonds. The third-order valence-electron chi connectivity index (χ3n) is 17.0. The van der Waals surface area contributed by atoms with Crippen LogP contribution in [0, 0.1) is 17.2 Å². The zero-order chi connectivity index (χ0) is 83.3. The largest absolute Gasteiger partial charge is 0.508 e. The summed E-state index contributed by atoms with van der Waals surface area (Å²) in [5, 5.41) is 109. The molecule has 38 heteroatoms. The van der Waals surface area contributed by atoms with Crippen LogP contribution in [0.5, 0.6) is 11.5 Å². The van der Waals surface area contributed by atoms with Gasteiger partial charge >= 0.3 is 17.9 Å². The lowest BCUT2D eigenvalue weighted by Crippen LogP contribution is -2.61. The van der Waals surface area contributed by atoms with Crippen LogP contribution in [0.4, 0.5) is 0 Å². The van der Waals surface area contributed by atoms with E-state index in [1.807, 2.05) is 0 Å². The van der Waals surface area contributed by atoms with Crippen molar-refractivity contribution in [1.82, 2.24) is 69.1 Å². The summed E-state index contributed by atoms with van der Waals surface area (Å²) in [4.78, 5) is 204. The Bertz CT molecular complexity index is 3880. The van der Waals surface area contributed by atoms with Crippen LogP contribution in [0.1, 0.15) is 102 Å². The van der Waals surface area contributed by atoms with Crippen LogP contribution in [-0.2, 0) is 97.6 Å². The van der Waals surface area contributed by atoms with Gasteiger partial charge in [0.05, 0.1) is 32.2 Å². The molecular formula is C74H102N16O22. The summed E-state index contributed by atoms with van der Waals surface area (Å²) in [5.41, 5.74) is 12.6. The highest BCUT2D eigenvalue weighted by atomic mass is 16.4. The molecule has 610 valence electrons. The predicted molar refractivity (Wildman–Crippen MR) is 401 cm³/mol. The van der Waals surface area contributed by atoms with Crippen LogP contribution in [0.2, 0.25) is 0 Å². The average molecular weight is 1570 g/mol. The minimum atomic E-state index is -1.85. The van der Waals surface area contributed by atoms with E-state index in [-0.39, 0.29) is 68.1 Å². The molecule has 4 aromatic carbocycles.